The van der Waals surface area contributed by atoms with E-state index in [0.29, 0.717) is 6.54 Å². The average molecular weight is 214 g/mol. The highest BCUT2D eigenvalue weighted by atomic mass is 32.2. The minimum atomic E-state index is -3.08. The highest BCUT2D eigenvalue weighted by molar-refractivity contribution is 7.89. The lowest BCUT2D eigenvalue weighted by Crippen LogP contribution is -2.27. The molecule has 0 saturated heterocycles. The number of pyridine rings is 1. The Morgan fingerprint density at radius 1 is 1.36 bits per heavy atom. The van der Waals surface area contributed by atoms with E-state index in [9.17, 15) is 8.42 Å². The van der Waals surface area contributed by atoms with Crippen molar-refractivity contribution in [3.63, 3.8) is 0 Å². The molecule has 0 fully saturated rings. The molecule has 0 atom stereocenters. The quantitative estimate of drug-likeness (QED) is 0.747. The van der Waals surface area contributed by atoms with E-state index in [1.165, 1.54) is 4.31 Å². The summed E-state index contributed by atoms with van der Waals surface area (Å²) in [5.74, 6) is 0.134. The van der Waals surface area contributed by atoms with Crippen molar-refractivity contribution < 1.29 is 8.42 Å². The van der Waals surface area contributed by atoms with Gasteiger partial charge in [-0.1, -0.05) is 0 Å². The first-order chi connectivity index (χ1) is 6.56. The van der Waals surface area contributed by atoms with Crippen LogP contribution in [-0.2, 0) is 16.6 Å². The Morgan fingerprint density at radius 3 is 2.43 bits per heavy atom. The van der Waals surface area contributed by atoms with Crippen molar-refractivity contribution in [1.82, 2.24) is 9.29 Å². The summed E-state index contributed by atoms with van der Waals surface area (Å²) in [6.45, 7) is 2.04. The highest BCUT2D eigenvalue weighted by Crippen LogP contribution is 2.05. The Labute approximate surface area is 84.6 Å². The zero-order valence-electron chi connectivity index (χ0n) is 8.34. The van der Waals surface area contributed by atoms with Crippen molar-refractivity contribution in [3.05, 3.63) is 30.1 Å². The third kappa shape index (κ3) is 2.78. The lowest BCUT2D eigenvalue weighted by Gasteiger charge is -2.15. The normalized spacial score (nSPS) is 11.9. The topological polar surface area (TPSA) is 50.3 Å². The van der Waals surface area contributed by atoms with Gasteiger partial charge in [-0.05, 0) is 24.6 Å². The summed E-state index contributed by atoms with van der Waals surface area (Å²) in [5, 5.41) is 0. The van der Waals surface area contributed by atoms with Crippen LogP contribution in [0.4, 0.5) is 0 Å². The molecule has 0 aliphatic rings. The molecule has 0 unspecified atom stereocenters. The van der Waals surface area contributed by atoms with E-state index in [1.54, 1.807) is 26.4 Å². The van der Waals surface area contributed by atoms with Gasteiger partial charge in [0.2, 0.25) is 10.0 Å². The lowest BCUT2D eigenvalue weighted by atomic mass is 10.3. The van der Waals surface area contributed by atoms with Crippen LogP contribution < -0.4 is 0 Å². The summed E-state index contributed by atoms with van der Waals surface area (Å²) < 4.78 is 24.2. The third-order valence-electron chi connectivity index (χ3n) is 1.99. The van der Waals surface area contributed by atoms with Crippen LogP contribution >= 0.6 is 0 Å². The first-order valence-corrected chi connectivity index (χ1v) is 6.00. The van der Waals surface area contributed by atoms with E-state index < -0.39 is 10.0 Å². The van der Waals surface area contributed by atoms with Crippen LogP contribution in [0.25, 0.3) is 0 Å². The standard InChI is InChI=1S/C9H14N2O2S/c1-3-14(12,13)11(2)8-9-4-6-10-7-5-9/h4-7H,3,8H2,1-2H3. The van der Waals surface area contributed by atoms with E-state index in [4.69, 9.17) is 0 Å². The second-order valence-electron chi connectivity index (χ2n) is 3.01. The van der Waals surface area contributed by atoms with Gasteiger partial charge >= 0.3 is 0 Å². The van der Waals surface area contributed by atoms with Gasteiger partial charge in [-0.25, -0.2) is 12.7 Å². The van der Waals surface area contributed by atoms with E-state index in [1.807, 2.05) is 12.1 Å². The van der Waals surface area contributed by atoms with Crippen molar-refractivity contribution in [2.24, 2.45) is 0 Å². The van der Waals surface area contributed by atoms with E-state index >= 15 is 0 Å². The maximum absolute atomic E-state index is 11.4. The predicted molar refractivity (Wildman–Crippen MR) is 55.2 cm³/mol. The van der Waals surface area contributed by atoms with Gasteiger partial charge in [-0.15, -0.1) is 0 Å². The van der Waals surface area contributed by atoms with Crippen LogP contribution in [0.5, 0.6) is 0 Å². The second-order valence-corrected chi connectivity index (χ2v) is 5.38. The second kappa shape index (κ2) is 4.52. The van der Waals surface area contributed by atoms with Crippen LogP contribution in [0.1, 0.15) is 12.5 Å². The summed E-state index contributed by atoms with van der Waals surface area (Å²) in [6.07, 6.45) is 3.31. The molecular weight excluding hydrogens is 200 g/mol. The molecule has 1 aromatic rings. The molecule has 1 aromatic heterocycles. The van der Waals surface area contributed by atoms with Crippen molar-refractivity contribution >= 4 is 10.0 Å². The van der Waals surface area contributed by atoms with Gasteiger partial charge < -0.3 is 0 Å². The molecule has 0 spiro atoms. The van der Waals surface area contributed by atoms with Gasteiger partial charge in [-0.2, -0.15) is 0 Å². The van der Waals surface area contributed by atoms with Gasteiger partial charge in [0.1, 0.15) is 0 Å². The fourth-order valence-corrected chi connectivity index (χ4v) is 1.85. The molecule has 5 heteroatoms. The van der Waals surface area contributed by atoms with Crippen LogP contribution in [0, 0.1) is 0 Å². The fourth-order valence-electron chi connectivity index (χ4n) is 1.06. The molecule has 0 bridgehead atoms. The number of hydrogen-bond acceptors (Lipinski definition) is 3. The Bertz CT molecular complexity index is 375. The molecule has 14 heavy (non-hydrogen) atoms. The molecule has 1 heterocycles. The van der Waals surface area contributed by atoms with Crippen LogP contribution in [0.3, 0.4) is 0 Å². The van der Waals surface area contributed by atoms with Crippen molar-refractivity contribution in [1.29, 1.82) is 0 Å². The maximum Gasteiger partial charge on any atom is 0.213 e. The first-order valence-electron chi connectivity index (χ1n) is 4.39. The number of aromatic nitrogens is 1. The van der Waals surface area contributed by atoms with Crippen LogP contribution in [0.2, 0.25) is 0 Å². The van der Waals surface area contributed by atoms with Crippen LogP contribution in [0.15, 0.2) is 24.5 Å². The van der Waals surface area contributed by atoms with Gasteiger partial charge in [0.25, 0.3) is 0 Å². The maximum atomic E-state index is 11.4. The summed E-state index contributed by atoms with van der Waals surface area (Å²) >= 11 is 0. The minimum Gasteiger partial charge on any atom is -0.265 e. The van der Waals surface area contributed by atoms with E-state index in [2.05, 4.69) is 4.98 Å². The molecule has 1 rings (SSSR count). The zero-order valence-corrected chi connectivity index (χ0v) is 9.16. The molecule has 0 aliphatic heterocycles. The lowest BCUT2D eigenvalue weighted by molar-refractivity contribution is 0.468. The molecule has 0 aliphatic carbocycles. The zero-order chi connectivity index (χ0) is 10.6. The van der Waals surface area contributed by atoms with Crippen LogP contribution in [-0.4, -0.2) is 30.5 Å². The van der Waals surface area contributed by atoms with Crippen molar-refractivity contribution in [3.8, 4) is 0 Å². The smallest absolute Gasteiger partial charge is 0.213 e. The van der Waals surface area contributed by atoms with E-state index in [-0.39, 0.29) is 5.75 Å². The molecule has 0 saturated carbocycles. The molecule has 0 amide bonds. The summed E-state index contributed by atoms with van der Waals surface area (Å²) in [4.78, 5) is 3.87. The molecule has 0 aromatic carbocycles. The molecule has 0 N–H and O–H groups in total. The monoisotopic (exact) mass is 214 g/mol. The average Bonchev–Trinajstić information content (AvgIpc) is 2.19. The Kier molecular flexibility index (Phi) is 3.60. The Morgan fingerprint density at radius 2 is 1.93 bits per heavy atom. The highest BCUT2D eigenvalue weighted by Gasteiger charge is 2.14. The molecule has 78 valence electrons. The first kappa shape index (κ1) is 11.1. The molecular formula is C9H14N2O2S. The number of nitrogens with zero attached hydrogens (tertiary/aromatic N) is 2. The number of sulfonamides is 1. The van der Waals surface area contributed by atoms with Gasteiger partial charge in [0, 0.05) is 26.0 Å². The van der Waals surface area contributed by atoms with Gasteiger partial charge in [0.15, 0.2) is 0 Å². The largest absolute Gasteiger partial charge is 0.265 e. The number of hydrogen-bond donors (Lipinski definition) is 0. The Balaban J connectivity index is 2.72. The summed E-state index contributed by atoms with van der Waals surface area (Å²) in [5.41, 5.74) is 0.944. The molecule has 4 nitrogen and oxygen atoms in total. The fraction of sp³-hybridized carbons (Fsp3) is 0.444. The Hall–Kier alpha value is -0.940. The minimum absolute atomic E-state index is 0.134. The summed E-state index contributed by atoms with van der Waals surface area (Å²) in [7, 11) is -1.50. The third-order valence-corrected chi connectivity index (χ3v) is 3.80. The number of rotatable bonds is 4. The van der Waals surface area contributed by atoms with Gasteiger partial charge in [0.05, 0.1) is 5.75 Å². The predicted octanol–water partition coefficient (Wildman–Crippen LogP) is 0.863. The van der Waals surface area contributed by atoms with Gasteiger partial charge in [-0.3, -0.25) is 4.98 Å². The molecule has 0 radical (unpaired) electrons. The van der Waals surface area contributed by atoms with Crippen molar-refractivity contribution in [2.75, 3.05) is 12.8 Å². The van der Waals surface area contributed by atoms with Crippen molar-refractivity contribution in [2.45, 2.75) is 13.5 Å². The summed E-state index contributed by atoms with van der Waals surface area (Å²) in [6, 6.07) is 3.61. The van der Waals surface area contributed by atoms with E-state index in [0.717, 1.165) is 5.56 Å². The SMILES string of the molecule is CCS(=O)(=O)N(C)Cc1ccncc1.